The summed E-state index contributed by atoms with van der Waals surface area (Å²) in [4.78, 5) is 21.6. The van der Waals surface area contributed by atoms with Gasteiger partial charge in [-0.25, -0.2) is 4.79 Å². The molecule has 1 heterocycles. The highest BCUT2D eigenvalue weighted by atomic mass is 16.8. The Labute approximate surface area is 123 Å². The van der Waals surface area contributed by atoms with Gasteiger partial charge in [-0.3, -0.25) is 10.1 Å². The van der Waals surface area contributed by atoms with Gasteiger partial charge >= 0.3 is 11.9 Å². The molecule has 0 aliphatic carbocycles. The van der Waals surface area contributed by atoms with Crippen molar-refractivity contribution in [3.05, 3.63) is 40.0 Å². The van der Waals surface area contributed by atoms with Crippen LogP contribution in [0.1, 0.15) is 13.8 Å². The van der Waals surface area contributed by atoms with Gasteiger partial charge in [-0.1, -0.05) is 0 Å². The lowest BCUT2D eigenvalue weighted by Crippen LogP contribution is -2.36. The average molecular weight is 309 g/mol. The molecule has 10 nitrogen and oxygen atoms in total. The number of benzene rings is 1. The van der Waals surface area contributed by atoms with Crippen molar-refractivity contribution in [1.29, 1.82) is 0 Å². The van der Waals surface area contributed by atoms with Crippen molar-refractivity contribution in [1.82, 2.24) is 0 Å². The van der Waals surface area contributed by atoms with E-state index in [9.17, 15) is 25.1 Å². The molecule has 1 aromatic carbocycles. The minimum absolute atomic E-state index is 0.257. The maximum absolute atomic E-state index is 11.7. The number of phenols is 1. The number of nitro benzene ring substituents is 1. The molecule has 0 saturated heterocycles. The quantitative estimate of drug-likeness (QED) is 0.377. The van der Waals surface area contributed by atoms with Crippen molar-refractivity contribution in [2.45, 2.75) is 19.6 Å². The zero-order chi connectivity index (χ0) is 16.5. The fourth-order valence-corrected chi connectivity index (χ4v) is 1.55. The molecular formula is C12H11N3O7. The lowest BCUT2D eigenvalue weighted by Gasteiger charge is -2.28. The maximum atomic E-state index is 11.7. The number of carbonyl (C=O) groups is 1. The minimum Gasteiger partial charge on any atom is -0.506 e. The van der Waals surface area contributed by atoms with Gasteiger partial charge in [0.15, 0.2) is 0 Å². The molecule has 0 spiro atoms. The number of aliphatic hydroxyl groups excluding tert-OH is 1. The van der Waals surface area contributed by atoms with Crippen LogP contribution >= 0.6 is 0 Å². The summed E-state index contributed by atoms with van der Waals surface area (Å²) in [5.41, 5.74) is -1.20. The molecule has 0 unspecified atom stereocenters. The number of aromatic hydroxyl groups is 1. The van der Waals surface area contributed by atoms with Crippen molar-refractivity contribution in [3.63, 3.8) is 0 Å². The first-order valence-corrected chi connectivity index (χ1v) is 5.94. The van der Waals surface area contributed by atoms with Gasteiger partial charge in [-0.15, -0.1) is 10.2 Å². The third kappa shape index (κ3) is 3.11. The van der Waals surface area contributed by atoms with E-state index in [0.717, 1.165) is 18.2 Å². The van der Waals surface area contributed by atoms with E-state index in [1.165, 1.54) is 13.8 Å². The van der Waals surface area contributed by atoms with E-state index in [0.29, 0.717) is 0 Å². The molecule has 0 fully saturated rings. The number of ether oxygens (including phenoxy) is 2. The predicted octanol–water partition coefficient (Wildman–Crippen LogP) is 2.42. The van der Waals surface area contributed by atoms with E-state index in [1.54, 1.807) is 0 Å². The van der Waals surface area contributed by atoms with Crippen LogP contribution in [0.15, 0.2) is 40.1 Å². The molecule has 2 rings (SSSR count). The Morgan fingerprint density at radius 1 is 1.23 bits per heavy atom. The van der Waals surface area contributed by atoms with E-state index < -0.39 is 28.3 Å². The summed E-state index contributed by atoms with van der Waals surface area (Å²) in [5, 5.41) is 36.7. The lowest BCUT2D eigenvalue weighted by atomic mass is 10.2. The summed E-state index contributed by atoms with van der Waals surface area (Å²) in [6, 6.07) is 3.08. The van der Waals surface area contributed by atoms with Gasteiger partial charge < -0.3 is 19.7 Å². The van der Waals surface area contributed by atoms with Gasteiger partial charge in [0.25, 0.3) is 17.2 Å². The minimum atomic E-state index is -1.35. The smallest absolute Gasteiger partial charge is 0.369 e. The van der Waals surface area contributed by atoms with Gasteiger partial charge in [0.05, 0.1) is 4.92 Å². The summed E-state index contributed by atoms with van der Waals surface area (Å²) in [6.07, 6.45) is 0. The Kier molecular flexibility index (Phi) is 3.68. The van der Waals surface area contributed by atoms with Gasteiger partial charge in [-0.05, 0) is 6.07 Å². The van der Waals surface area contributed by atoms with Crippen LogP contribution < -0.4 is 0 Å². The van der Waals surface area contributed by atoms with Crippen molar-refractivity contribution in [2.75, 3.05) is 0 Å². The normalized spacial score (nSPS) is 17.3. The van der Waals surface area contributed by atoms with Crippen molar-refractivity contribution in [3.8, 4) is 5.75 Å². The zero-order valence-corrected chi connectivity index (χ0v) is 11.5. The third-order valence-electron chi connectivity index (χ3n) is 2.50. The average Bonchev–Trinajstić information content (AvgIpc) is 2.38. The largest absolute Gasteiger partial charge is 0.506 e. The summed E-state index contributed by atoms with van der Waals surface area (Å²) in [5.74, 6) is -3.52. The van der Waals surface area contributed by atoms with Crippen LogP contribution in [0.2, 0.25) is 0 Å². The molecule has 0 atom stereocenters. The molecule has 1 aromatic rings. The third-order valence-corrected chi connectivity index (χ3v) is 2.50. The number of carbonyl (C=O) groups excluding carboxylic acids is 1. The number of azo groups is 1. The van der Waals surface area contributed by atoms with E-state index in [4.69, 9.17) is 9.47 Å². The molecule has 10 heteroatoms. The monoisotopic (exact) mass is 309 g/mol. The Morgan fingerprint density at radius 3 is 2.50 bits per heavy atom. The van der Waals surface area contributed by atoms with Crippen LogP contribution in [0.5, 0.6) is 5.75 Å². The number of nitro groups is 1. The fourth-order valence-electron chi connectivity index (χ4n) is 1.55. The number of phenolic OH excluding ortho intramolecular Hbond substituents is 1. The van der Waals surface area contributed by atoms with Crippen LogP contribution in [0.4, 0.5) is 11.4 Å². The number of hydrogen-bond donors (Lipinski definition) is 2. The second-order valence-electron chi connectivity index (χ2n) is 4.68. The second kappa shape index (κ2) is 5.31. The highest BCUT2D eigenvalue weighted by molar-refractivity contribution is 5.89. The van der Waals surface area contributed by atoms with Gasteiger partial charge in [0.1, 0.15) is 11.4 Å². The summed E-state index contributed by atoms with van der Waals surface area (Å²) in [7, 11) is 0. The van der Waals surface area contributed by atoms with Crippen LogP contribution in [-0.2, 0) is 14.3 Å². The first-order valence-electron chi connectivity index (χ1n) is 5.94. The first kappa shape index (κ1) is 15.2. The fraction of sp³-hybridized carbons (Fsp3) is 0.250. The summed E-state index contributed by atoms with van der Waals surface area (Å²) < 4.78 is 9.74. The van der Waals surface area contributed by atoms with Crippen molar-refractivity contribution < 1.29 is 29.4 Å². The molecule has 0 amide bonds. The highest BCUT2D eigenvalue weighted by Crippen LogP contribution is 2.32. The number of nitrogens with zero attached hydrogens (tertiary/aromatic N) is 3. The number of cyclic esters (lactones) is 1. The highest BCUT2D eigenvalue weighted by Gasteiger charge is 2.36. The number of hydrogen-bond acceptors (Lipinski definition) is 9. The van der Waals surface area contributed by atoms with Crippen LogP contribution in [0.25, 0.3) is 0 Å². The summed E-state index contributed by atoms with van der Waals surface area (Å²) in [6.45, 7) is 2.81. The first-order chi connectivity index (χ1) is 10.2. The molecule has 0 aromatic heterocycles. The number of non-ortho nitro benzene ring substituents is 1. The molecule has 0 saturated carbocycles. The number of aliphatic hydroxyl groups is 1. The molecule has 0 bridgehead atoms. The van der Waals surface area contributed by atoms with Crippen LogP contribution in [0.3, 0.4) is 0 Å². The van der Waals surface area contributed by atoms with Crippen LogP contribution in [0, 0.1) is 10.1 Å². The van der Waals surface area contributed by atoms with Gasteiger partial charge in [0, 0.05) is 26.0 Å². The molecule has 0 radical (unpaired) electrons. The molecule has 1 aliphatic heterocycles. The molecular weight excluding hydrogens is 298 g/mol. The topological polar surface area (TPSA) is 144 Å². The lowest BCUT2D eigenvalue weighted by molar-refractivity contribution is -0.384. The summed E-state index contributed by atoms with van der Waals surface area (Å²) >= 11 is 0. The second-order valence-corrected chi connectivity index (χ2v) is 4.68. The Bertz CT molecular complexity index is 709. The van der Waals surface area contributed by atoms with Crippen molar-refractivity contribution >= 4 is 17.3 Å². The van der Waals surface area contributed by atoms with E-state index in [2.05, 4.69) is 10.2 Å². The number of rotatable bonds is 3. The molecule has 116 valence electrons. The zero-order valence-electron chi connectivity index (χ0n) is 11.5. The van der Waals surface area contributed by atoms with E-state index >= 15 is 0 Å². The Morgan fingerprint density at radius 2 is 1.91 bits per heavy atom. The van der Waals surface area contributed by atoms with Gasteiger partial charge in [0.2, 0.25) is 0 Å². The standard InChI is InChI=1S/C12H11N3O7/c1-12(2)21-10(17)9(11(18)22-12)14-13-7-5-6(15(19)20)3-4-8(7)16/h3-5,16-17H,1-2H3. The Hall–Kier alpha value is -3.17. The maximum Gasteiger partial charge on any atom is 0.369 e. The molecule has 1 aliphatic rings. The number of esters is 1. The molecule has 2 N–H and O–H groups in total. The molecule has 22 heavy (non-hydrogen) atoms. The Balaban J connectivity index is 2.34. The van der Waals surface area contributed by atoms with Crippen molar-refractivity contribution in [2.24, 2.45) is 10.2 Å². The van der Waals surface area contributed by atoms with Gasteiger partial charge in [-0.2, -0.15) is 0 Å². The van der Waals surface area contributed by atoms with Crippen LogP contribution in [-0.4, -0.2) is 26.9 Å². The van der Waals surface area contributed by atoms with E-state index in [1.807, 2.05) is 0 Å². The SMILES string of the molecule is CC1(C)OC(=O)C(N=Nc2cc([N+](=O)[O-])ccc2O)=C(O)O1. The predicted molar refractivity (Wildman–Crippen MR) is 70.2 cm³/mol. The van der Waals surface area contributed by atoms with E-state index in [-0.39, 0.29) is 17.1 Å².